The van der Waals surface area contributed by atoms with Crippen molar-refractivity contribution in [1.29, 1.82) is 0 Å². The Labute approximate surface area is 181 Å². The fourth-order valence-electron chi connectivity index (χ4n) is 6.31. The third-order valence-electron chi connectivity index (χ3n) is 9.04. The Hall–Kier alpha value is -1.14. The van der Waals surface area contributed by atoms with Crippen LogP contribution in [0.2, 0.25) is 0 Å². The van der Waals surface area contributed by atoms with Gasteiger partial charge in [0.15, 0.2) is 0 Å². The maximum absolute atomic E-state index is 12.6. The van der Waals surface area contributed by atoms with Gasteiger partial charge in [-0.25, -0.2) is 9.59 Å². The van der Waals surface area contributed by atoms with E-state index in [1.807, 2.05) is 0 Å². The van der Waals surface area contributed by atoms with Gasteiger partial charge >= 0.3 is 11.9 Å². The zero-order valence-corrected chi connectivity index (χ0v) is 19.6. The Morgan fingerprint density at radius 1 is 0.700 bits per heavy atom. The number of carbonyl (C=O) groups is 2. The Morgan fingerprint density at radius 3 is 1.10 bits per heavy atom. The smallest absolute Gasteiger partial charge is 0.340 e. The first-order chi connectivity index (χ1) is 13.7. The van der Waals surface area contributed by atoms with Gasteiger partial charge in [0, 0.05) is 10.8 Å². The fourth-order valence-corrected chi connectivity index (χ4v) is 6.31. The van der Waals surface area contributed by atoms with Gasteiger partial charge in [0.25, 0.3) is 0 Å². The molecule has 4 N–H and O–H groups in total. The first-order valence-corrected chi connectivity index (χ1v) is 11.6. The highest BCUT2D eigenvalue weighted by Crippen LogP contribution is 2.59. The minimum Gasteiger partial charge on any atom is -0.479 e. The highest BCUT2D eigenvalue weighted by molar-refractivity contribution is 5.92. The van der Waals surface area contributed by atoms with Crippen LogP contribution in [0, 0.1) is 34.5 Å². The molecule has 6 nitrogen and oxygen atoms in total. The van der Waals surface area contributed by atoms with Crippen LogP contribution in [0.15, 0.2) is 0 Å². The topological polar surface area (TPSA) is 115 Å². The van der Waals surface area contributed by atoms with Crippen molar-refractivity contribution in [1.82, 2.24) is 0 Å². The highest BCUT2D eigenvalue weighted by atomic mass is 16.5. The molecule has 0 bridgehead atoms. The molecule has 0 spiro atoms. The van der Waals surface area contributed by atoms with Gasteiger partial charge in [-0.15, -0.1) is 0 Å². The molecule has 0 radical (unpaired) electrons. The van der Waals surface area contributed by atoms with Crippen LogP contribution in [0.1, 0.15) is 92.9 Å². The van der Waals surface area contributed by atoms with Crippen LogP contribution in [0.5, 0.6) is 0 Å². The summed E-state index contributed by atoms with van der Waals surface area (Å²) >= 11 is 0. The first-order valence-electron chi connectivity index (χ1n) is 11.6. The van der Waals surface area contributed by atoms with E-state index < -0.39 is 34.0 Å². The summed E-state index contributed by atoms with van der Waals surface area (Å²) in [4.78, 5) is 25.2. The lowest BCUT2D eigenvalue weighted by Crippen LogP contribution is -2.76. The monoisotopic (exact) mass is 426 g/mol. The third kappa shape index (κ3) is 3.68. The first kappa shape index (κ1) is 25.1. The molecule has 30 heavy (non-hydrogen) atoms. The molecule has 174 valence electrons. The molecule has 0 aromatic rings. The standard InChI is InChI=1S/C24H42O6/c1-15(2)17-7-11-21(5,12-8-17)23(29,19(25)26)24(30,20(27)28)22(6)13-9-18(10-14-22)16(3)4/h15-18,29-30H,7-14H2,1-6H3,(H,25,26)(H,27,28). The number of aliphatic carboxylic acids is 2. The lowest BCUT2D eigenvalue weighted by molar-refractivity contribution is -0.270. The summed E-state index contributed by atoms with van der Waals surface area (Å²) < 4.78 is 0. The average molecular weight is 427 g/mol. The van der Waals surface area contributed by atoms with Crippen LogP contribution in [-0.2, 0) is 9.59 Å². The average Bonchev–Trinajstić information content (AvgIpc) is 2.66. The molecule has 0 aromatic carbocycles. The molecule has 2 fully saturated rings. The third-order valence-corrected chi connectivity index (χ3v) is 9.04. The van der Waals surface area contributed by atoms with E-state index in [1.165, 1.54) is 0 Å². The molecule has 0 aromatic heterocycles. The number of carboxylic acids is 2. The largest absolute Gasteiger partial charge is 0.479 e. The molecule has 0 heterocycles. The van der Waals surface area contributed by atoms with Crippen LogP contribution in [0.3, 0.4) is 0 Å². The summed E-state index contributed by atoms with van der Waals surface area (Å²) in [5.41, 5.74) is -8.00. The zero-order chi connectivity index (χ0) is 23.1. The van der Waals surface area contributed by atoms with Crippen LogP contribution < -0.4 is 0 Å². The number of hydrogen-bond acceptors (Lipinski definition) is 4. The van der Waals surface area contributed by atoms with Crippen molar-refractivity contribution in [3.63, 3.8) is 0 Å². The van der Waals surface area contributed by atoms with Crippen LogP contribution >= 0.6 is 0 Å². The minimum atomic E-state index is -2.77. The van der Waals surface area contributed by atoms with Crippen molar-refractivity contribution in [2.75, 3.05) is 0 Å². The van der Waals surface area contributed by atoms with E-state index in [4.69, 9.17) is 0 Å². The second kappa shape index (κ2) is 8.42. The van der Waals surface area contributed by atoms with E-state index in [1.54, 1.807) is 13.8 Å². The van der Waals surface area contributed by atoms with E-state index in [2.05, 4.69) is 27.7 Å². The molecule has 2 rings (SSSR count). The molecular formula is C24H42O6. The summed E-state index contributed by atoms with van der Waals surface area (Å²) in [6.45, 7) is 11.8. The van der Waals surface area contributed by atoms with Gasteiger partial charge < -0.3 is 20.4 Å². The van der Waals surface area contributed by atoms with E-state index in [0.717, 1.165) is 0 Å². The van der Waals surface area contributed by atoms with Crippen LogP contribution in [0.25, 0.3) is 0 Å². The molecule has 2 aliphatic carbocycles. The van der Waals surface area contributed by atoms with Gasteiger partial charge in [-0.3, -0.25) is 0 Å². The van der Waals surface area contributed by atoms with E-state index in [9.17, 15) is 30.0 Å². The number of hydrogen-bond donors (Lipinski definition) is 4. The van der Waals surface area contributed by atoms with Crippen molar-refractivity contribution in [2.24, 2.45) is 34.5 Å². The number of rotatable bonds is 7. The van der Waals surface area contributed by atoms with Gasteiger partial charge in [0.2, 0.25) is 11.2 Å². The van der Waals surface area contributed by atoms with Crippen molar-refractivity contribution < 1.29 is 30.0 Å². The molecule has 6 heteroatoms. The van der Waals surface area contributed by atoms with Gasteiger partial charge in [0.05, 0.1) is 0 Å². The lowest BCUT2D eigenvalue weighted by atomic mass is 9.48. The number of carboxylic acid groups (broad SMARTS) is 2. The Balaban J connectivity index is 2.50. The molecule has 2 saturated carbocycles. The van der Waals surface area contributed by atoms with Crippen molar-refractivity contribution in [2.45, 2.75) is 104 Å². The minimum absolute atomic E-state index is 0.374. The highest BCUT2D eigenvalue weighted by Gasteiger charge is 2.74. The molecular weight excluding hydrogens is 384 g/mol. The van der Waals surface area contributed by atoms with E-state index >= 15 is 0 Å². The van der Waals surface area contributed by atoms with Crippen molar-refractivity contribution >= 4 is 11.9 Å². The molecule has 0 aliphatic heterocycles. The Morgan fingerprint density at radius 2 is 0.933 bits per heavy atom. The summed E-state index contributed by atoms with van der Waals surface area (Å²) in [5, 5.41) is 43.9. The van der Waals surface area contributed by atoms with Gasteiger partial charge in [-0.2, -0.15) is 0 Å². The SMILES string of the molecule is CC(C)C1CCC(C)(C(O)(C(=O)O)C(O)(C(=O)O)C2(C)CCC(C(C)C)CC2)CC1. The molecule has 2 unspecified atom stereocenters. The van der Waals surface area contributed by atoms with Crippen molar-refractivity contribution in [3.05, 3.63) is 0 Å². The molecule has 2 aliphatic rings. The van der Waals surface area contributed by atoms with E-state index in [-0.39, 0.29) is 0 Å². The van der Waals surface area contributed by atoms with Crippen molar-refractivity contribution in [3.8, 4) is 0 Å². The summed E-state index contributed by atoms with van der Waals surface area (Å²) in [6, 6.07) is 0. The zero-order valence-electron chi connectivity index (χ0n) is 19.6. The maximum Gasteiger partial charge on any atom is 0.340 e. The van der Waals surface area contributed by atoms with Crippen LogP contribution in [-0.4, -0.2) is 43.6 Å². The molecule has 0 saturated heterocycles. The lowest BCUT2D eigenvalue weighted by Gasteiger charge is -2.58. The van der Waals surface area contributed by atoms with Gasteiger partial charge in [-0.05, 0) is 75.0 Å². The Kier molecular flexibility index (Phi) is 7.05. The normalized spacial score (nSPS) is 36.9. The Bertz CT molecular complexity index is 584. The quantitative estimate of drug-likeness (QED) is 0.482. The molecule has 0 amide bonds. The fraction of sp³-hybridized carbons (Fsp3) is 0.917. The second-order valence-corrected chi connectivity index (χ2v) is 11.3. The summed E-state index contributed by atoms with van der Waals surface area (Å²) in [5.74, 6) is -1.57. The summed E-state index contributed by atoms with van der Waals surface area (Å²) in [7, 11) is 0. The van der Waals surface area contributed by atoms with Gasteiger partial charge in [0.1, 0.15) is 0 Å². The van der Waals surface area contributed by atoms with Gasteiger partial charge in [-0.1, -0.05) is 41.5 Å². The second-order valence-electron chi connectivity index (χ2n) is 11.3. The van der Waals surface area contributed by atoms with E-state index in [0.29, 0.717) is 75.0 Å². The van der Waals surface area contributed by atoms with Crippen LogP contribution in [0.4, 0.5) is 0 Å². The predicted octanol–water partition coefficient (Wildman–Crippen LogP) is 4.32. The summed E-state index contributed by atoms with van der Waals surface area (Å²) in [6.07, 6.45) is 4.35. The number of aliphatic hydroxyl groups is 2. The predicted molar refractivity (Wildman–Crippen MR) is 115 cm³/mol. The maximum atomic E-state index is 12.6. The molecule has 2 atom stereocenters.